The Balaban J connectivity index is 1.90. The van der Waals surface area contributed by atoms with E-state index in [1.54, 1.807) is 12.4 Å². The Bertz CT molecular complexity index is 485. The van der Waals surface area contributed by atoms with Crippen LogP contribution in [0, 0.1) is 6.92 Å². The zero-order valence-electron chi connectivity index (χ0n) is 9.65. The molecule has 17 heavy (non-hydrogen) atoms. The topological polar surface area (TPSA) is 37.8 Å². The van der Waals surface area contributed by atoms with Crippen molar-refractivity contribution in [3.63, 3.8) is 0 Å². The molecule has 0 fully saturated rings. The summed E-state index contributed by atoms with van der Waals surface area (Å²) < 4.78 is 1.01. The molecule has 1 N–H and O–H groups in total. The minimum absolute atomic E-state index is 0.862. The number of hydrogen-bond acceptors (Lipinski definition) is 3. The Morgan fingerprint density at radius 2 is 2.24 bits per heavy atom. The zero-order valence-corrected chi connectivity index (χ0v) is 11.2. The zero-order chi connectivity index (χ0) is 12.1. The number of rotatable bonds is 4. The Labute approximate surface area is 109 Å². The molecule has 4 heteroatoms. The third-order valence-corrected chi connectivity index (χ3v) is 2.91. The van der Waals surface area contributed by atoms with Gasteiger partial charge in [-0.25, -0.2) is 4.98 Å². The summed E-state index contributed by atoms with van der Waals surface area (Å²) in [6.45, 7) is 2.91. The average molecular weight is 292 g/mol. The van der Waals surface area contributed by atoms with Gasteiger partial charge in [0.05, 0.1) is 0 Å². The molecule has 2 heterocycles. The van der Waals surface area contributed by atoms with E-state index in [2.05, 4.69) is 43.3 Å². The number of hydrogen-bond donors (Lipinski definition) is 1. The van der Waals surface area contributed by atoms with Crippen LogP contribution in [0.3, 0.4) is 0 Å². The van der Waals surface area contributed by atoms with Gasteiger partial charge in [-0.3, -0.25) is 4.98 Å². The number of nitrogens with zero attached hydrogens (tertiary/aromatic N) is 2. The smallest absolute Gasteiger partial charge is 0.128 e. The van der Waals surface area contributed by atoms with E-state index in [1.807, 2.05) is 19.2 Å². The fraction of sp³-hybridized carbons (Fsp3) is 0.231. The van der Waals surface area contributed by atoms with Crippen LogP contribution < -0.4 is 5.32 Å². The van der Waals surface area contributed by atoms with Gasteiger partial charge < -0.3 is 5.32 Å². The van der Waals surface area contributed by atoms with Gasteiger partial charge in [-0.05, 0) is 52.5 Å². The molecule has 0 radical (unpaired) electrons. The van der Waals surface area contributed by atoms with Gasteiger partial charge in [0.15, 0.2) is 0 Å². The summed E-state index contributed by atoms with van der Waals surface area (Å²) in [6, 6.07) is 6.09. The molecule has 0 saturated heterocycles. The lowest BCUT2D eigenvalue weighted by Crippen LogP contribution is -2.07. The molecule has 0 atom stereocenters. The van der Waals surface area contributed by atoms with Crippen molar-refractivity contribution >= 4 is 21.7 Å². The normalized spacial score (nSPS) is 10.2. The Kier molecular flexibility index (Phi) is 4.09. The Morgan fingerprint density at radius 3 is 2.94 bits per heavy atom. The second kappa shape index (κ2) is 5.77. The van der Waals surface area contributed by atoms with Crippen molar-refractivity contribution in [3.05, 3.63) is 52.4 Å². The number of pyridine rings is 2. The van der Waals surface area contributed by atoms with Crippen LogP contribution in [0.4, 0.5) is 5.82 Å². The van der Waals surface area contributed by atoms with E-state index < -0.39 is 0 Å². The van der Waals surface area contributed by atoms with Crippen LogP contribution in [-0.4, -0.2) is 16.5 Å². The molecular formula is C13H14BrN3. The lowest BCUT2D eigenvalue weighted by atomic mass is 10.2. The molecular weight excluding hydrogens is 278 g/mol. The molecule has 0 aromatic carbocycles. The van der Waals surface area contributed by atoms with E-state index in [0.717, 1.165) is 28.8 Å². The fourth-order valence-corrected chi connectivity index (χ4v) is 2.04. The maximum atomic E-state index is 4.34. The number of nitrogens with one attached hydrogen (secondary N) is 1. The number of aryl methyl sites for hydroxylation is 1. The van der Waals surface area contributed by atoms with Gasteiger partial charge in [0.25, 0.3) is 0 Å². The van der Waals surface area contributed by atoms with Crippen molar-refractivity contribution in [3.8, 4) is 0 Å². The van der Waals surface area contributed by atoms with Gasteiger partial charge in [-0.15, -0.1) is 0 Å². The summed E-state index contributed by atoms with van der Waals surface area (Å²) in [5.41, 5.74) is 2.38. The molecule has 2 aromatic rings. The molecule has 0 spiro atoms. The quantitative estimate of drug-likeness (QED) is 0.940. The second-order valence-corrected chi connectivity index (χ2v) is 4.77. The van der Waals surface area contributed by atoms with Crippen molar-refractivity contribution in [2.45, 2.75) is 13.3 Å². The molecule has 0 amide bonds. The number of anilines is 1. The Hall–Kier alpha value is -1.42. The molecule has 3 nitrogen and oxygen atoms in total. The molecule has 0 bridgehead atoms. The SMILES string of the molecule is Cc1cc(Br)cnc1NCCc1cccnc1. The lowest BCUT2D eigenvalue weighted by Gasteiger charge is -2.08. The number of halogens is 1. The summed E-state index contributed by atoms with van der Waals surface area (Å²) in [4.78, 5) is 8.43. The maximum Gasteiger partial charge on any atom is 0.128 e. The van der Waals surface area contributed by atoms with Crippen molar-refractivity contribution in [1.29, 1.82) is 0 Å². The predicted octanol–water partition coefficient (Wildman–Crippen LogP) is 3.20. The Morgan fingerprint density at radius 1 is 1.35 bits per heavy atom. The first kappa shape index (κ1) is 12.0. The highest BCUT2D eigenvalue weighted by molar-refractivity contribution is 9.10. The van der Waals surface area contributed by atoms with Crippen LogP contribution in [-0.2, 0) is 6.42 Å². The van der Waals surface area contributed by atoms with Crippen LogP contribution >= 0.6 is 15.9 Å². The van der Waals surface area contributed by atoms with E-state index in [0.29, 0.717) is 0 Å². The second-order valence-electron chi connectivity index (χ2n) is 3.86. The van der Waals surface area contributed by atoms with Crippen molar-refractivity contribution in [2.75, 3.05) is 11.9 Å². The van der Waals surface area contributed by atoms with Crippen molar-refractivity contribution in [2.24, 2.45) is 0 Å². The summed E-state index contributed by atoms with van der Waals surface area (Å²) in [6.07, 6.45) is 6.44. The highest BCUT2D eigenvalue weighted by Gasteiger charge is 2.00. The van der Waals surface area contributed by atoms with E-state index >= 15 is 0 Å². The highest BCUT2D eigenvalue weighted by atomic mass is 79.9. The van der Waals surface area contributed by atoms with Crippen LogP contribution in [0.5, 0.6) is 0 Å². The summed E-state index contributed by atoms with van der Waals surface area (Å²) in [7, 11) is 0. The monoisotopic (exact) mass is 291 g/mol. The third-order valence-electron chi connectivity index (χ3n) is 2.47. The van der Waals surface area contributed by atoms with E-state index in [4.69, 9.17) is 0 Å². The maximum absolute atomic E-state index is 4.34. The van der Waals surface area contributed by atoms with Gasteiger partial charge in [0.1, 0.15) is 5.82 Å². The van der Waals surface area contributed by atoms with Crippen LogP contribution in [0.2, 0.25) is 0 Å². The molecule has 0 aliphatic heterocycles. The molecule has 2 rings (SSSR count). The summed E-state index contributed by atoms with van der Waals surface area (Å²) in [5, 5.41) is 3.33. The number of aromatic nitrogens is 2. The third kappa shape index (κ3) is 3.53. The van der Waals surface area contributed by atoms with Crippen molar-refractivity contribution < 1.29 is 0 Å². The standard InChI is InChI=1S/C13H14BrN3/c1-10-7-12(14)9-17-13(10)16-6-4-11-3-2-5-15-8-11/h2-3,5,7-9H,4,6H2,1H3,(H,16,17). The van der Waals surface area contributed by atoms with Gasteiger partial charge >= 0.3 is 0 Å². The van der Waals surface area contributed by atoms with Crippen LogP contribution in [0.15, 0.2) is 41.3 Å². The first-order valence-corrected chi connectivity index (χ1v) is 6.30. The van der Waals surface area contributed by atoms with Crippen molar-refractivity contribution in [1.82, 2.24) is 9.97 Å². The molecule has 2 aromatic heterocycles. The molecule has 0 aliphatic rings. The van der Waals surface area contributed by atoms with Gasteiger partial charge in [-0.2, -0.15) is 0 Å². The minimum Gasteiger partial charge on any atom is -0.370 e. The van der Waals surface area contributed by atoms with Crippen LogP contribution in [0.1, 0.15) is 11.1 Å². The van der Waals surface area contributed by atoms with Crippen LogP contribution in [0.25, 0.3) is 0 Å². The average Bonchev–Trinajstić information content (AvgIpc) is 2.33. The first-order valence-electron chi connectivity index (χ1n) is 5.50. The minimum atomic E-state index is 0.862. The summed E-state index contributed by atoms with van der Waals surface area (Å²) in [5.74, 6) is 0.942. The van der Waals surface area contributed by atoms with E-state index in [1.165, 1.54) is 5.56 Å². The lowest BCUT2D eigenvalue weighted by molar-refractivity contribution is 0.989. The first-order chi connectivity index (χ1) is 8.25. The molecule has 88 valence electrons. The van der Waals surface area contributed by atoms with Gasteiger partial charge in [-0.1, -0.05) is 6.07 Å². The summed E-state index contributed by atoms with van der Waals surface area (Å²) >= 11 is 3.40. The highest BCUT2D eigenvalue weighted by Crippen LogP contribution is 2.16. The molecule has 0 aliphatic carbocycles. The largest absolute Gasteiger partial charge is 0.370 e. The van der Waals surface area contributed by atoms with Gasteiger partial charge in [0, 0.05) is 29.6 Å². The van der Waals surface area contributed by atoms with Gasteiger partial charge in [0.2, 0.25) is 0 Å². The predicted molar refractivity (Wildman–Crippen MR) is 73.1 cm³/mol. The fourth-order valence-electron chi connectivity index (χ4n) is 1.60. The van der Waals surface area contributed by atoms with E-state index in [-0.39, 0.29) is 0 Å². The molecule has 0 saturated carbocycles. The van der Waals surface area contributed by atoms with E-state index in [9.17, 15) is 0 Å². The molecule has 0 unspecified atom stereocenters.